The average molecular weight is 532 g/mol. The fraction of sp³-hybridized carbons (Fsp3) is 0.375. The lowest BCUT2D eigenvalue weighted by Crippen LogP contribution is -2.56. The van der Waals surface area contributed by atoms with E-state index in [1.807, 2.05) is 30.3 Å². The minimum atomic E-state index is -0.701. The molecule has 3 aromatic carbocycles. The SMILES string of the molecule is CCC(=O)N1CN(c2ccccc2)C2(CCN(CCCC(c3ccc(F)cc3)c3ccc(F)cc3)CC2)C1=O. The zero-order chi connectivity index (χ0) is 27.4. The smallest absolute Gasteiger partial charge is 0.256 e. The van der Waals surface area contributed by atoms with E-state index in [2.05, 4.69) is 9.80 Å². The van der Waals surface area contributed by atoms with Gasteiger partial charge in [0.2, 0.25) is 5.91 Å². The maximum absolute atomic E-state index is 13.6. The van der Waals surface area contributed by atoms with E-state index in [4.69, 9.17) is 0 Å². The first-order valence-corrected chi connectivity index (χ1v) is 13.8. The van der Waals surface area contributed by atoms with Crippen molar-refractivity contribution in [3.8, 4) is 0 Å². The predicted molar refractivity (Wildman–Crippen MR) is 148 cm³/mol. The second-order valence-electron chi connectivity index (χ2n) is 10.6. The summed E-state index contributed by atoms with van der Waals surface area (Å²) in [6.07, 6.45) is 3.37. The molecule has 7 heteroatoms. The maximum Gasteiger partial charge on any atom is 0.256 e. The molecule has 204 valence electrons. The molecule has 0 atom stereocenters. The van der Waals surface area contributed by atoms with Gasteiger partial charge >= 0.3 is 0 Å². The molecule has 0 saturated carbocycles. The summed E-state index contributed by atoms with van der Waals surface area (Å²) in [6, 6.07) is 23.0. The average Bonchev–Trinajstić information content (AvgIpc) is 3.25. The number of amides is 2. The monoisotopic (exact) mass is 531 g/mol. The van der Waals surface area contributed by atoms with E-state index in [9.17, 15) is 18.4 Å². The molecule has 2 fully saturated rings. The number of carbonyl (C=O) groups excluding carboxylic acids is 2. The lowest BCUT2D eigenvalue weighted by atomic mass is 9.84. The Bertz CT molecular complexity index is 1230. The highest BCUT2D eigenvalue weighted by Gasteiger charge is 2.54. The number of para-hydroxylation sites is 1. The van der Waals surface area contributed by atoms with Crippen LogP contribution < -0.4 is 4.90 Å². The standard InChI is InChI=1S/C32H35F2N3O2/c1-2-30(38)36-23-37(28-7-4-3-5-8-28)32(31(36)39)18-21-35(22-19-32)20-6-9-29(24-10-14-26(33)15-11-24)25-12-16-27(34)17-13-25/h3-5,7-8,10-17,29H,2,6,9,18-23H2,1H3. The van der Waals surface area contributed by atoms with Crippen LogP contribution in [0, 0.1) is 11.6 Å². The normalized spacial score (nSPS) is 17.4. The Kier molecular flexibility index (Phi) is 8.07. The van der Waals surface area contributed by atoms with Crippen molar-refractivity contribution in [3.05, 3.63) is 102 Å². The topological polar surface area (TPSA) is 43.9 Å². The summed E-state index contributed by atoms with van der Waals surface area (Å²) in [5, 5.41) is 0. The molecule has 0 bridgehead atoms. The molecular formula is C32H35F2N3O2. The molecule has 3 aromatic rings. The molecule has 0 radical (unpaired) electrons. The molecule has 0 aliphatic carbocycles. The molecule has 5 rings (SSSR count). The lowest BCUT2D eigenvalue weighted by Gasteiger charge is -2.43. The number of piperidine rings is 1. The van der Waals surface area contributed by atoms with Crippen LogP contribution in [0.3, 0.4) is 0 Å². The van der Waals surface area contributed by atoms with Crippen molar-refractivity contribution < 1.29 is 18.4 Å². The Morgan fingerprint density at radius 3 is 1.97 bits per heavy atom. The first-order valence-electron chi connectivity index (χ1n) is 13.8. The van der Waals surface area contributed by atoms with Gasteiger partial charge in [-0.15, -0.1) is 0 Å². The zero-order valence-corrected chi connectivity index (χ0v) is 22.4. The minimum absolute atomic E-state index is 0.0425. The van der Waals surface area contributed by atoms with Crippen LogP contribution in [-0.4, -0.2) is 53.5 Å². The Labute approximate surface area is 229 Å². The Hall–Kier alpha value is -3.58. The third-order valence-electron chi connectivity index (χ3n) is 8.31. The van der Waals surface area contributed by atoms with Crippen molar-refractivity contribution in [2.45, 2.75) is 50.5 Å². The number of anilines is 1. The minimum Gasteiger partial charge on any atom is -0.338 e. The predicted octanol–water partition coefficient (Wildman–Crippen LogP) is 5.95. The molecule has 2 saturated heterocycles. The van der Waals surface area contributed by atoms with Crippen LogP contribution in [0.15, 0.2) is 78.9 Å². The highest BCUT2D eigenvalue weighted by molar-refractivity contribution is 6.04. The second-order valence-corrected chi connectivity index (χ2v) is 10.6. The molecule has 2 heterocycles. The van der Waals surface area contributed by atoms with Gasteiger partial charge in [-0.25, -0.2) is 8.78 Å². The van der Waals surface area contributed by atoms with Gasteiger partial charge in [-0.05, 0) is 79.8 Å². The summed E-state index contributed by atoms with van der Waals surface area (Å²) < 4.78 is 27.1. The van der Waals surface area contributed by atoms with Crippen LogP contribution in [-0.2, 0) is 9.59 Å². The molecular weight excluding hydrogens is 496 g/mol. The van der Waals surface area contributed by atoms with Gasteiger partial charge in [-0.2, -0.15) is 0 Å². The molecule has 0 N–H and O–H groups in total. The molecule has 5 nitrogen and oxygen atoms in total. The highest BCUT2D eigenvalue weighted by atomic mass is 19.1. The van der Waals surface area contributed by atoms with Crippen LogP contribution in [0.1, 0.15) is 56.1 Å². The fourth-order valence-corrected chi connectivity index (χ4v) is 6.09. The van der Waals surface area contributed by atoms with Crippen molar-refractivity contribution in [1.82, 2.24) is 9.80 Å². The van der Waals surface area contributed by atoms with E-state index < -0.39 is 5.54 Å². The van der Waals surface area contributed by atoms with E-state index in [1.54, 1.807) is 31.2 Å². The van der Waals surface area contributed by atoms with Crippen LogP contribution in [0.2, 0.25) is 0 Å². The third-order valence-corrected chi connectivity index (χ3v) is 8.31. The molecule has 39 heavy (non-hydrogen) atoms. The van der Waals surface area contributed by atoms with Gasteiger partial charge in [-0.1, -0.05) is 49.4 Å². The van der Waals surface area contributed by atoms with E-state index >= 15 is 0 Å². The number of hydrogen-bond donors (Lipinski definition) is 0. The Morgan fingerprint density at radius 1 is 0.872 bits per heavy atom. The number of nitrogens with zero attached hydrogens (tertiary/aromatic N) is 3. The number of imide groups is 1. The molecule has 0 aromatic heterocycles. The van der Waals surface area contributed by atoms with Crippen LogP contribution in [0.25, 0.3) is 0 Å². The number of rotatable bonds is 8. The van der Waals surface area contributed by atoms with Gasteiger partial charge < -0.3 is 9.80 Å². The quantitative estimate of drug-likeness (QED) is 0.360. The Balaban J connectivity index is 1.26. The fourth-order valence-electron chi connectivity index (χ4n) is 6.09. The van der Waals surface area contributed by atoms with Gasteiger partial charge in [0, 0.05) is 31.1 Å². The van der Waals surface area contributed by atoms with Crippen LogP contribution in [0.4, 0.5) is 14.5 Å². The van der Waals surface area contributed by atoms with Gasteiger partial charge in [0.1, 0.15) is 23.8 Å². The number of halogens is 2. The number of hydrogen-bond acceptors (Lipinski definition) is 4. The van der Waals surface area contributed by atoms with Gasteiger partial charge in [-0.3, -0.25) is 14.5 Å². The van der Waals surface area contributed by atoms with Crippen LogP contribution >= 0.6 is 0 Å². The second kappa shape index (κ2) is 11.7. The van der Waals surface area contributed by atoms with E-state index in [-0.39, 0.29) is 29.4 Å². The highest BCUT2D eigenvalue weighted by Crippen LogP contribution is 2.40. The molecule has 1 spiro atoms. The summed E-state index contributed by atoms with van der Waals surface area (Å²) >= 11 is 0. The van der Waals surface area contributed by atoms with Crippen molar-refractivity contribution in [2.75, 3.05) is 31.2 Å². The summed E-state index contributed by atoms with van der Waals surface area (Å²) in [6.45, 7) is 4.49. The summed E-state index contributed by atoms with van der Waals surface area (Å²) in [7, 11) is 0. The summed E-state index contributed by atoms with van der Waals surface area (Å²) in [5.74, 6) is -0.715. The zero-order valence-electron chi connectivity index (χ0n) is 22.4. The molecule has 0 unspecified atom stereocenters. The Morgan fingerprint density at radius 2 is 1.44 bits per heavy atom. The van der Waals surface area contributed by atoms with Gasteiger partial charge in [0.05, 0.1) is 0 Å². The van der Waals surface area contributed by atoms with Gasteiger partial charge in [0.25, 0.3) is 5.91 Å². The van der Waals surface area contributed by atoms with Crippen molar-refractivity contribution >= 4 is 17.5 Å². The molecule has 2 aliphatic heterocycles. The van der Waals surface area contributed by atoms with Gasteiger partial charge in [0.15, 0.2) is 0 Å². The number of likely N-dealkylation sites (tertiary alicyclic amines) is 1. The third kappa shape index (κ3) is 5.59. The largest absolute Gasteiger partial charge is 0.338 e. The van der Waals surface area contributed by atoms with Crippen molar-refractivity contribution in [1.29, 1.82) is 0 Å². The van der Waals surface area contributed by atoms with E-state index in [1.165, 1.54) is 29.2 Å². The van der Waals surface area contributed by atoms with Crippen LogP contribution in [0.5, 0.6) is 0 Å². The summed E-state index contributed by atoms with van der Waals surface area (Å²) in [5.41, 5.74) is 2.29. The van der Waals surface area contributed by atoms with E-state index in [0.29, 0.717) is 25.9 Å². The number of carbonyl (C=O) groups is 2. The van der Waals surface area contributed by atoms with Crippen molar-refractivity contribution in [3.63, 3.8) is 0 Å². The maximum atomic E-state index is 13.6. The molecule has 2 amide bonds. The van der Waals surface area contributed by atoms with Crippen molar-refractivity contribution in [2.24, 2.45) is 0 Å². The summed E-state index contributed by atoms with van der Waals surface area (Å²) in [4.78, 5) is 32.2. The lowest BCUT2D eigenvalue weighted by molar-refractivity contribution is -0.144. The molecule has 2 aliphatic rings. The van der Waals surface area contributed by atoms with E-state index in [0.717, 1.165) is 49.3 Å². The number of benzene rings is 3. The first kappa shape index (κ1) is 27.0. The first-order chi connectivity index (χ1) is 18.9.